The van der Waals surface area contributed by atoms with Crippen LogP contribution in [0.15, 0.2) is 48.7 Å². The Morgan fingerprint density at radius 1 is 1.18 bits per heavy atom. The Morgan fingerprint density at radius 3 is 2.77 bits per heavy atom. The van der Waals surface area contributed by atoms with Crippen LogP contribution in [0.2, 0.25) is 5.02 Å². The molecular formula is C15H11ClN4OS. The number of aromatic nitrogens is 3. The van der Waals surface area contributed by atoms with E-state index in [0.29, 0.717) is 16.6 Å². The third kappa shape index (κ3) is 3.66. The summed E-state index contributed by atoms with van der Waals surface area (Å²) in [5.74, 6) is -0.357. The predicted molar refractivity (Wildman–Crippen MR) is 86.4 cm³/mol. The molecule has 0 radical (unpaired) electrons. The number of carbonyl (C=O) groups is 1. The zero-order chi connectivity index (χ0) is 15.4. The highest BCUT2D eigenvalue weighted by molar-refractivity contribution is 7.15. The molecule has 2 heterocycles. The molecule has 1 amide bonds. The fraction of sp³-hybridized carbons (Fsp3) is 0.0667. The van der Waals surface area contributed by atoms with Gasteiger partial charge in [-0.3, -0.25) is 15.1 Å². The summed E-state index contributed by atoms with van der Waals surface area (Å²) in [7, 11) is 0. The molecular weight excluding hydrogens is 320 g/mol. The minimum absolute atomic E-state index is 0.243. The third-order valence-corrected chi connectivity index (χ3v) is 3.91. The Labute approximate surface area is 136 Å². The van der Waals surface area contributed by atoms with Crippen LogP contribution < -0.4 is 5.32 Å². The number of carbonyl (C=O) groups excluding carboxylic acids is 1. The Kier molecular flexibility index (Phi) is 4.41. The molecule has 5 nitrogen and oxygen atoms in total. The lowest BCUT2D eigenvalue weighted by Crippen LogP contribution is -2.13. The molecule has 0 saturated heterocycles. The van der Waals surface area contributed by atoms with Gasteiger partial charge in [0.25, 0.3) is 5.91 Å². The zero-order valence-corrected chi connectivity index (χ0v) is 12.9. The van der Waals surface area contributed by atoms with E-state index in [4.69, 9.17) is 11.6 Å². The van der Waals surface area contributed by atoms with E-state index in [1.807, 2.05) is 30.3 Å². The van der Waals surface area contributed by atoms with Gasteiger partial charge in [-0.15, -0.1) is 10.2 Å². The molecule has 0 aliphatic heterocycles. The van der Waals surface area contributed by atoms with Crippen LogP contribution in [0.3, 0.4) is 0 Å². The minimum atomic E-state index is -0.357. The summed E-state index contributed by atoms with van der Waals surface area (Å²) in [4.78, 5) is 16.0. The zero-order valence-electron chi connectivity index (χ0n) is 11.4. The van der Waals surface area contributed by atoms with Crippen molar-refractivity contribution >= 4 is 34.0 Å². The molecule has 0 aliphatic carbocycles. The summed E-state index contributed by atoms with van der Waals surface area (Å²) >= 11 is 7.18. The van der Waals surface area contributed by atoms with E-state index in [0.717, 1.165) is 10.6 Å². The molecule has 1 N–H and O–H groups in total. The standard InChI is InChI=1S/C15H11ClN4OS/c16-11-6-7-17-12(9-11)14(21)18-15-20-19-13(22-15)8-10-4-2-1-3-5-10/h1-7,9H,8H2,(H,18,20,21). The number of hydrogen-bond acceptors (Lipinski definition) is 5. The van der Waals surface area contributed by atoms with Gasteiger partial charge in [-0.25, -0.2) is 0 Å². The van der Waals surface area contributed by atoms with Crippen molar-refractivity contribution in [2.45, 2.75) is 6.42 Å². The maximum Gasteiger partial charge on any atom is 0.276 e. The van der Waals surface area contributed by atoms with Crippen LogP contribution in [0.5, 0.6) is 0 Å². The smallest absolute Gasteiger partial charge is 0.276 e. The third-order valence-electron chi connectivity index (χ3n) is 2.84. The number of anilines is 1. The molecule has 0 spiro atoms. The first kappa shape index (κ1) is 14.6. The number of amides is 1. The van der Waals surface area contributed by atoms with E-state index in [9.17, 15) is 4.79 Å². The number of rotatable bonds is 4. The van der Waals surface area contributed by atoms with E-state index < -0.39 is 0 Å². The van der Waals surface area contributed by atoms with Gasteiger partial charge >= 0.3 is 0 Å². The summed E-state index contributed by atoms with van der Waals surface area (Å²) in [6.07, 6.45) is 2.17. The van der Waals surface area contributed by atoms with Crippen molar-refractivity contribution in [3.63, 3.8) is 0 Å². The molecule has 7 heteroatoms. The second-order valence-electron chi connectivity index (χ2n) is 4.48. The van der Waals surface area contributed by atoms with Crippen molar-refractivity contribution in [1.82, 2.24) is 15.2 Å². The number of benzene rings is 1. The van der Waals surface area contributed by atoms with Gasteiger partial charge in [-0.05, 0) is 17.7 Å². The van der Waals surface area contributed by atoms with Gasteiger partial charge in [0.15, 0.2) is 0 Å². The van der Waals surface area contributed by atoms with Gasteiger partial charge < -0.3 is 0 Å². The lowest BCUT2D eigenvalue weighted by Gasteiger charge is -2.00. The average molecular weight is 331 g/mol. The van der Waals surface area contributed by atoms with Crippen LogP contribution >= 0.6 is 22.9 Å². The summed E-state index contributed by atoms with van der Waals surface area (Å²) in [6, 6.07) is 13.1. The largest absolute Gasteiger partial charge is 0.295 e. The Bertz CT molecular complexity index is 791. The summed E-state index contributed by atoms with van der Waals surface area (Å²) in [6.45, 7) is 0. The number of nitrogens with zero attached hydrogens (tertiary/aromatic N) is 3. The fourth-order valence-electron chi connectivity index (χ4n) is 1.84. The van der Waals surface area contributed by atoms with Gasteiger partial charge in [0.2, 0.25) is 5.13 Å². The van der Waals surface area contributed by atoms with Crippen LogP contribution in [-0.2, 0) is 6.42 Å². The van der Waals surface area contributed by atoms with Crippen molar-refractivity contribution in [3.05, 3.63) is 69.9 Å². The quantitative estimate of drug-likeness (QED) is 0.795. The molecule has 22 heavy (non-hydrogen) atoms. The lowest BCUT2D eigenvalue weighted by molar-refractivity contribution is 0.102. The molecule has 1 aromatic carbocycles. The van der Waals surface area contributed by atoms with Gasteiger partial charge in [0.1, 0.15) is 10.7 Å². The topological polar surface area (TPSA) is 67.8 Å². The summed E-state index contributed by atoms with van der Waals surface area (Å²) in [5, 5.41) is 12.5. The summed E-state index contributed by atoms with van der Waals surface area (Å²) in [5.41, 5.74) is 1.39. The number of halogens is 1. The highest BCUT2D eigenvalue weighted by Gasteiger charge is 2.12. The molecule has 0 aliphatic rings. The SMILES string of the molecule is O=C(Nc1nnc(Cc2ccccc2)s1)c1cc(Cl)ccn1. The first-order valence-electron chi connectivity index (χ1n) is 6.50. The Hall–Kier alpha value is -2.31. The van der Waals surface area contributed by atoms with E-state index in [1.165, 1.54) is 23.6 Å². The van der Waals surface area contributed by atoms with E-state index >= 15 is 0 Å². The van der Waals surface area contributed by atoms with Gasteiger partial charge in [0, 0.05) is 17.6 Å². The normalized spacial score (nSPS) is 10.4. The van der Waals surface area contributed by atoms with Crippen molar-refractivity contribution < 1.29 is 4.79 Å². The maximum atomic E-state index is 12.0. The molecule has 3 rings (SSSR count). The van der Waals surface area contributed by atoms with Crippen LogP contribution in [0.4, 0.5) is 5.13 Å². The van der Waals surface area contributed by atoms with Gasteiger partial charge in [0.05, 0.1) is 0 Å². The maximum absolute atomic E-state index is 12.0. The minimum Gasteiger partial charge on any atom is -0.295 e. The highest BCUT2D eigenvalue weighted by atomic mass is 35.5. The van der Waals surface area contributed by atoms with Crippen LogP contribution in [-0.4, -0.2) is 21.1 Å². The second kappa shape index (κ2) is 6.64. The first-order chi connectivity index (χ1) is 10.7. The number of hydrogen-bond donors (Lipinski definition) is 1. The fourth-order valence-corrected chi connectivity index (χ4v) is 2.76. The lowest BCUT2D eigenvalue weighted by atomic mass is 10.2. The summed E-state index contributed by atoms with van der Waals surface area (Å²) < 4.78 is 0. The van der Waals surface area contributed by atoms with Crippen LogP contribution in [0.25, 0.3) is 0 Å². The predicted octanol–water partition coefficient (Wildman–Crippen LogP) is 3.43. The molecule has 0 bridgehead atoms. The monoisotopic (exact) mass is 330 g/mol. The first-order valence-corrected chi connectivity index (χ1v) is 7.69. The van der Waals surface area contributed by atoms with E-state index in [-0.39, 0.29) is 11.6 Å². The molecule has 0 saturated carbocycles. The van der Waals surface area contributed by atoms with Gasteiger partial charge in [-0.1, -0.05) is 53.3 Å². The van der Waals surface area contributed by atoms with Crippen molar-refractivity contribution in [1.29, 1.82) is 0 Å². The van der Waals surface area contributed by atoms with Crippen LogP contribution in [0, 0.1) is 0 Å². The molecule has 2 aromatic heterocycles. The van der Waals surface area contributed by atoms with Gasteiger partial charge in [-0.2, -0.15) is 0 Å². The average Bonchev–Trinajstić information content (AvgIpc) is 2.95. The number of pyridine rings is 1. The van der Waals surface area contributed by atoms with E-state index in [1.54, 1.807) is 6.07 Å². The molecule has 0 atom stereocenters. The molecule has 3 aromatic rings. The molecule has 0 unspecified atom stereocenters. The highest BCUT2D eigenvalue weighted by Crippen LogP contribution is 2.19. The van der Waals surface area contributed by atoms with Crippen molar-refractivity contribution in [2.24, 2.45) is 0 Å². The second-order valence-corrected chi connectivity index (χ2v) is 5.98. The van der Waals surface area contributed by atoms with Crippen LogP contribution in [0.1, 0.15) is 21.1 Å². The Morgan fingerprint density at radius 2 is 2.00 bits per heavy atom. The van der Waals surface area contributed by atoms with E-state index in [2.05, 4.69) is 20.5 Å². The Balaban J connectivity index is 1.68. The van der Waals surface area contributed by atoms with Crippen molar-refractivity contribution in [2.75, 3.05) is 5.32 Å². The molecule has 0 fully saturated rings. The van der Waals surface area contributed by atoms with Crippen molar-refractivity contribution in [3.8, 4) is 0 Å². The molecule has 110 valence electrons. The number of nitrogens with one attached hydrogen (secondary N) is 1.